The lowest BCUT2D eigenvalue weighted by Gasteiger charge is -2.31. The molecule has 0 saturated heterocycles. The number of benzene rings is 14. The molecule has 0 bridgehead atoms. The third-order valence-corrected chi connectivity index (χ3v) is 26.7. The zero-order chi connectivity index (χ0) is 94.6. The van der Waals surface area contributed by atoms with E-state index in [1.807, 2.05) is 147 Å². The Hall–Kier alpha value is -17.5. The van der Waals surface area contributed by atoms with Crippen LogP contribution in [0.4, 0.5) is 0 Å². The number of imidazole rings is 3. The maximum absolute atomic E-state index is 5.28. The van der Waals surface area contributed by atoms with Crippen LogP contribution >= 0.6 is 0 Å². The van der Waals surface area contributed by atoms with E-state index in [0.29, 0.717) is 0 Å². The number of rotatable bonds is 18. The molecule has 0 spiro atoms. The van der Waals surface area contributed by atoms with Gasteiger partial charge in [-0.1, -0.05) is 233 Å². The molecule has 12 nitrogen and oxygen atoms in total. The van der Waals surface area contributed by atoms with Crippen molar-refractivity contribution >= 4 is 56.2 Å². The first-order valence-corrected chi connectivity index (χ1v) is 47.2. The van der Waals surface area contributed by atoms with Crippen LogP contribution in [-0.2, 0) is 0 Å². The van der Waals surface area contributed by atoms with Crippen molar-refractivity contribution in [3.8, 4) is 151 Å². The summed E-state index contributed by atoms with van der Waals surface area (Å²) in [6.45, 7) is 20.5. The van der Waals surface area contributed by atoms with Crippen LogP contribution in [0.5, 0.6) is 0 Å². The summed E-state index contributed by atoms with van der Waals surface area (Å²) in [6, 6.07) is 128. The summed E-state index contributed by atoms with van der Waals surface area (Å²) in [5.74, 6) is 2.53. The van der Waals surface area contributed by atoms with E-state index in [2.05, 4.69) is 397 Å². The van der Waals surface area contributed by atoms with Gasteiger partial charge in [-0.2, -0.15) is 0 Å². The molecule has 0 aliphatic rings. The second-order valence-electron chi connectivity index (χ2n) is 35.8. The number of aromatic nitrogens is 12. The molecule has 0 atom stereocenters. The number of pyridine rings is 6. The van der Waals surface area contributed by atoms with Crippen LogP contribution in [0, 0.1) is 62.3 Å². The Morgan fingerprint density at radius 2 is 0.396 bits per heavy atom. The number of para-hydroxylation sites is 9. The predicted molar refractivity (Wildman–Crippen MR) is 575 cm³/mol. The molecule has 23 aromatic rings. The lowest BCUT2D eigenvalue weighted by atomic mass is 9.32. The smallest absolute Gasteiger partial charge is 0.243 e. The zero-order valence-electron chi connectivity index (χ0n) is 79.0. The molecule has 14 aromatic carbocycles. The minimum atomic E-state index is 0.00284. The third-order valence-electron chi connectivity index (χ3n) is 26.7. The lowest BCUT2D eigenvalue weighted by molar-refractivity contribution is 1.09. The molecular weight excluding hydrogens is 1690 g/mol. The van der Waals surface area contributed by atoms with Gasteiger partial charge in [0.25, 0.3) is 0 Å². The fraction of sp³-hybridized carbons (Fsp3) is 0.0714. The highest BCUT2D eigenvalue weighted by Crippen LogP contribution is 2.43. The monoisotopic (exact) mass is 1790 g/mol. The van der Waals surface area contributed by atoms with E-state index in [4.69, 9.17) is 15.0 Å². The van der Waals surface area contributed by atoms with Crippen LogP contribution in [-0.4, -0.2) is 65.3 Å². The van der Waals surface area contributed by atoms with Crippen molar-refractivity contribution in [3.05, 3.63) is 488 Å². The predicted octanol–water partition coefficient (Wildman–Crippen LogP) is 28.7. The molecule has 13 heteroatoms. The van der Waals surface area contributed by atoms with Gasteiger partial charge in [0.1, 0.15) is 17.5 Å². The number of hydrogen-bond donors (Lipinski definition) is 0. The summed E-state index contributed by atoms with van der Waals surface area (Å²) in [6.07, 6.45) is 22.7. The lowest BCUT2D eigenvalue weighted by Crippen LogP contribution is -2.58. The highest BCUT2D eigenvalue weighted by molar-refractivity contribution is 6.97. The molecule has 666 valence electrons. The molecule has 139 heavy (non-hydrogen) atoms. The fourth-order valence-electron chi connectivity index (χ4n) is 20.8. The van der Waals surface area contributed by atoms with Gasteiger partial charge < -0.3 is 0 Å². The van der Waals surface area contributed by atoms with Crippen LogP contribution in [0.15, 0.2) is 438 Å². The first-order valence-electron chi connectivity index (χ1n) is 47.2. The number of aryl methyl sites for hydroxylation is 6. The summed E-state index contributed by atoms with van der Waals surface area (Å²) < 4.78 is 6.75. The molecule has 9 aromatic heterocycles. The van der Waals surface area contributed by atoms with Gasteiger partial charge in [-0.3, -0.25) is 43.6 Å². The van der Waals surface area contributed by atoms with Crippen LogP contribution in [0.2, 0.25) is 0 Å². The van der Waals surface area contributed by atoms with Crippen molar-refractivity contribution < 1.29 is 0 Å². The second kappa shape index (κ2) is 38.8. The van der Waals surface area contributed by atoms with E-state index in [1.54, 1.807) is 0 Å². The van der Waals surface area contributed by atoms with Crippen LogP contribution in [0.25, 0.3) is 184 Å². The quantitative estimate of drug-likeness (QED) is 0.0771. The van der Waals surface area contributed by atoms with Gasteiger partial charge in [0.05, 0.1) is 33.1 Å². The first-order chi connectivity index (χ1) is 68.2. The van der Waals surface area contributed by atoms with Gasteiger partial charge in [-0.05, 0) is 326 Å². The van der Waals surface area contributed by atoms with Crippen molar-refractivity contribution in [1.29, 1.82) is 0 Å². The van der Waals surface area contributed by atoms with Crippen molar-refractivity contribution in [1.82, 2.24) is 58.6 Å². The van der Waals surface area contributed by atoms with E-state index >= 15 is 0 Å². The minimum absolute atomic E-state index is 0.00284. The van der Waals surface area contributed by atoms with E-state index in [0.717, 1.165) is 168 Å². The molecule has 0 saturated carbocycles. The molecule has 9 heterocycles. The second-order valence-corrected chi connectivity index (χ2v) is 35.8. The molecule has 0 radical (unpaired) electrons. The molecule has 0 aliphatic carbocycles. The molecule has 0 aliphatic heterocycles. The van der Waals surface area contributed by atoms with E-state index in [9.17, 15) is 0 Å². The number of hydrogen-bond acceptors (Lipinski definition) is 9. The van der Waals surface area contributed by atoms with Crippen molar-refractivity contribution in [2.24, 2.45) is 0 Å². The Balaban J connectivity index is 0.000000125. The van der Waals surface area contributed by atoms with Gasteiger partial charge in [-0.15, -0.1) is 0 Å². The topological polar surface area (TPSA) is 131 Å². The van der Waals surface area contributed by atoms with Gasteiger partial charge in [0, 0.05) is 141 Å². The molecule has 0 N–H and O–H groups in total. The Bertz CT molecular complexity index is 7630. The summed E-state index contributed by atoms with van der Waals surface area (Å²) in [7, 11) is 0. The van der Waals surface area contributed by atoms with Gasteiger partial charge >= 0.3 is 0 Å². The molecule has 0 fully saturated rings. The maximum Gasteiger partial charge on any atom is 0.243 e. The molecular formula is C126H99BN12. The van der Waals surface area contributed by atoms with Crippen molar-refractivity contribution in [3.63, 3.8) is 0 Å². The number of fused-ring (bicyclic) bond motifs is 3. The zero-order valence-corrected chi connectivity index (χ0v) is 79.0. The molecule has 0 unspecified atom stereocenters. The fourth-order valence-corrected chi connectivity index (χ4v) is 20.8. The minimum Gasteiger partial charge on any atom is -0.292 e. The van der Waals surface area contributed by atoms with Crippen LogP contribution in [0.3, 0.4) is 0 Å². The summed E-state index contributed by atoms with van der Waals surface area (Å²) in [4.78, 5) is 42.4. The van der Waals surface area contributed by atoms with Crippen molar-refractivity contribution in [2.45, 2.75) is 62.3 Å². The Morgan fingerprint density at radius 3 is 0.647 bits per heavy atom. The molecule has 0 amide bonds. The third kappa shape index (κ3) is 17.6. The van der Waals surface area contributed by atoms with E-state index < -0.39 is 0 Å². The Kier molecular flexibility index (Phi) is 24.6. The largest absolute Gasteiger partial charge is 0.292 e. The highest BCUT2D eigenvalue weighted by Gasteiger charge is 2.35. The van der Waals surface area contributed by atoms with E-state index in [1.165, 1.54) is 83.1 Å². The van der Waals surface area contributed by atoms with Crippen molar-refractivity contribution in [2.75, 3.05) is 0 Å². The van der Waals surface area contributed by atoms with Crippen LogP contribution < -0.4 is 16.4 Å². The Morgan fingerprint density at radius 1 is 0.180 bits per heavy atom. The first kappa shape index (κ1) is 88.1. The summed E-state index contributed by atoms with van der Waals surface area (Å²) >= 11 is 0. The van der Waals surface area contributed by atoms with Gasteiger partial charge in [-0.25, -0.2) is 15.0 Å². The maximum atomic E-state index is 5.28. The summed E-state index contributed by atoms with van der Waals surface area (Å²) in [5, 5.41) is 0. The van der Waals surface area contributed by atoms with Gasteiger partial charge in [0.15, 0.2) is 0 Å². The SMILES string of the molecule is Cc1cc(C)c(-c2cccnc2)c(C)c1B(c1c(C)cc(C)c(-c2cccnc2)c1C)c1c(C)cc(C)c(-c2cccnc2)c1C.c1ccc(-n2c(-c3cc(-c4nc5ccccc5n4-c4ccccc4)cc(-c4nc5ccccc5n4-c4ccccc4)c3)nc3ccccc32)cc1.c1cncc(-c2cccc(-c3cc(-c4cccc(-c5cccnc5)c4)cc(-c4cccc(-c5cccnc5)c4)c3)c2)c1. The summed E-state index contributed by atoms with van der Waals surface area (Å²) in [5.41, 5.74) is 48.6. The highest BCUT2D eigenvalue weighted by atomic mass is 15.1. The van der Waals surface area contributed by atoms with E-state index in [-0.39, 0.29) is 6.71 Å². The average molecular weight is 1790 g/mol. The average Bonchev–Trinajstić information content (AvgIpc) is 1.16. The molecule has 23 rings (SSSR count). The number of nitrogens with zero attached hydrogens (tertiary/aromatic N) is 12. The van der Waals surface area contributed by atoms with Gasteiger partial charge in [0.2, 0.25) is 6.71 Å². The Labute approximate surface area is 811 Å². The van der Waals surface area contributed by atoms with Crippen LogP contribution in [0.1, 0.15) is 50.1 Å². The normalized spacial score (nSPS) is 11.2. The standard InChI is InChI=1S/C45H30N6.C42H42BN3.C39H27N3/c1-4-16-34(17-5-1)49-40-25-13-10-22-37(40)46-43(49)31-28-32(44-47-38-23-11-14-26-41(38)50(44)35-18-6-2-7-19-35)30-33(29-31)45-48-39-24-12-15-27-42(39)51(45)36-20-8-3-9-21-36;1-25-19-28(4)40(31(7)37(25)34-13-10-16-44-22-34)43(41-29(5)20-26(2)38(32(41)8)35-14-11-17-45-23-35)42-30(6)21-27(3)39(33(42)9)36-15-12-18-46-24-36;1-7-28(34-13-4-16-40-25-34)19-31(10-1)37-22-38(32-11-2-8-29(20-32)35-14-5-17-41-26-35)24-39(23-37)33-12-3-9-30(21-33)36-15-6-18-42-27-36/h1-30H;10-24H,1-9H3;1-27H.